The highest BCUT2D eigenvalue weighted by Crippen LogP contribution is 2.21. The Morgan fingerprint density at radius 2 is 1.52 bits per heavy atom. The monoisotopic (exact) mass is 384 g/mol. The molecule has 0 aromatic heterocycles. The van der Waals surface area contributed by atoms with E-state index in [9.17, 15) is 9.59 Å². The van der Waals surface area contributed by atoms with Gasteiger partial charge >= 0.3 is 0 Å². The Hall–Kier alpha value is -2.47. The van der Waals surface area contributed by atoms with E-state index in [2.05, 4.69) is 0 Å². The maximum absolute atomic E-state index is 12.9. The summed E-state index contributed by atoms with van der Waals surface area (Å²) in [6.07, 6.45) is 2.00. The number of hydrogen-bond donors (Lipinski definition) is 0. The molecule has 2 aromatic carbocycles. The first-order valence-electron chi connectivity index (χ1n) is 8.90. The van der Waals surface area contributed by atoms with Gasteiger partial charge in [-0.3, -0.25) is 9.59 Å². The molecule has 0 N–H and O–H groups in total. The number of ether oxygens (including phenoxy) is 1. The van der Waals surface area contributed by atoms with Crippen molar-refractivity contribution in [3.05, 3.63) is 59.2 Å². The largest absolute Gasteiger partial charge is 0.497 e. The minimum absolute atomic E-state index is 0.00897. The fourth-order valence-electron chi connectivity index (χ4n) is 3.16. The molecule has 1 fully saturated rings. The van der Waals surface area contributed by atoms with Crippen LogP contribution in [-0.2, 0) is 0 Å². The van der Waals surface area contributed by atoms with Crippen LogP contribution in [0.3, 0.4) is 0 Å². The fourth-order valence-corrected chi connectivity index (χ4v) is 3.60. The molecule has 2 aromatic rings. The number of aryl methyl sites for hydroxylation is 1. The second kappa shape index (κ2) is 8.48. The number of amides is 2. The Morgan fingerprint density at radius 1 is 0.926 bits per heavy atom. The molecule has 6 heteroatoms. The van der Waals surface area contributed by atoms with Gasteiger partial charge in [0.05, 0.1) is 7.11 Å². The third-order valence-electron chi connectivity index (χ3n) is 4.87. The second-order valence-corrected chi connectivity index (χ2v) is 7.37. The first kappa shape index (κ1) is 19.3. The normalized spacial score (nSPS) is 14.2. The van der Waals surface area contributed by atoms with E-state index in [-0.39, 0.29) is 11.8 Å². The van der Waals surface area contributed by atoms with Crippen LogP contribution in [0.15, 0.2) is 47.4 Å². The molecule has 1 saturated heterocycles. The summed E-state index contributed by atoms with van der Waals surface area (Å²) in [6, 6.07) is 13.1. The topological polar surface area (TPSA) is 49.9 Å². The molecule has 0 bridgehead atoms. The lowest BCUT2D eigenvalue weighted by atomic mass is 10.1. The standard InChI is InChI=1S/C21H24N2O3S/c1-15-4-9-18(27-3)14-19(15)21(25)23-12-10-22(11-13-23)20(24)16-5-7-17(26-2)8-6-16/h4-9,14H,10-13H2,1-3H3. The first-order chi connectivity index (χ1) is 13.0. The lowest BCUT2D eigenvalue weighted by Gasteiger charge is -2.35. The third-order valence-corrected chi connectivity index (χ3v) is 5.59. The Labute approximate surface area is 164 Å². The van der Waals surface area contributed by atoms with E-state index in [1.165, 1.54) is 0 Å². The van der Waals surface area contributed by atoms with Gasteiger partial charge in [0.15, 0.2) is 0 Å². The summed E-state index contributed by atoms with van der Waals surface area (Å²) in [5.74, 6) is 0.759. The Balaban J connectivity index is 1.64. The van der Waals surface area contributed by atoms with Gasteiger partial charge in [0.2, 0.25) is 0 Å². The molecule has 1 aliphatic heterocycles. The number of rotatable bonds is 4. The zero-order chi connectivity index (χ0) is 19.4. The molecule has 0 saturated carbocycles. The van der Waals surface area contributed by atoms with Crippen molar-refractivity contribution in [2.75, 3.05) is 39.5 Å². The predicted octanol–water partition coefficient (Wildman–Crippen LogP) is 3.32. The van der Waals surface area contributed by atoms with Crippen molar-refractivity contribution >= 4 is 23.6 Å². The van der Waals surface area contributed by atoms with E-state index >= 15 is 0 Å². The number of carbonyl (C=O) groups is 2. The molecule has 0 radical (unpaired) electrons. The summed E-state index contributed by atoms with van der Waals surface area (Å²) in [5, 5.41) is 0. The average Bonchev–Trinajstić information content (AvgIpc) is 2.73. The van der Waals surface area contributed by atoms with Crippen molar-refractivity contribution in [2.45, 2.75) is 11.8 Å². The van der Waals surface area contributed by atoms with Crippen LogP contribution in [0.4, 0.5) is 0 Å². The fraction of sp³-hybridized carbons (Fsp3) is 0.333. The average molecular weight is 385 g/mol. The van der Waals surface area contributed by atoms with Gasteiger partial charge in [-0.15, -0.1) is 11.8 Å². The highest BCUT2D eigenvalue weighted by molar-refractivity contribution is 7.98. The van der Waals surface area contributed by atoms with E-state index in [1.54, 1.807) is 48.0 Å². The zero-order valence-corrected chi connectivity index (χ0v) is 16.7. The molecule has 0 aliphatic carbocycles. The van der Waals surface area contributed by atoms with Gasteiger partial charge in [-0.2, -0.15) is 0 Å². The van der Waals surface area contributed by atoms with Gasteiger partial charge in [-0.1, -0.05) is 6.07 Å². The summed E-state index contributed by atoms with van der Waals surface area (Å²) >= 11 is 1.63. The molecule has 3 rings (SSSR count). The van der Waals surface area contributed by atoms with E-state index < -0.39 is 0 Å². The first-order valence-corrected chi connectivity index (χ1v) is 10.1. The van der Waals surface area contributed by atoms with Gasteiger partial charge in [0.25, 0.3) is 11.8 Å². The SMILES string of the molecule is COc1ccc(C(=O)N2CCN(C(=O)c3cc(SC)ccc3C)CC2)cc1. The Bertz CT molecular complexity index is 828. The van der Waals surface area contributed by atoms with Crippen molar-refractivity contribution in [3.8, 4) is 5.75 Å². The number of carbonyl (C=O) groups excluding carboxylic acids is 2. The minimum Gasteiger partial charge on any atom is -0.497 e. The van der Waals surface area contributed by atoms with Gasteiger partial charge in [-0.05, 0) is 55.1 Å². The molecule has 142 valence electrons. The van der Waals surface area contributed by atoms with Crippen molar-refractivity contribution in [1.29, 1.82) is 0 Å². The minimum atomic E-state index is -0.00897. The molecule has 5 nitrogen and oxygen atoms in total. The molecular formula is C21H24N2O3S. The number of piperazine rings is 1. The van der Waals surface area contributed by atoms with Crippen molar-refractivity contribution in [2.24, 2.45) is 0 Å². The number of nitrogens with zero attached hydrogens (tertiary/aromatic N) is 2. The van der Waals surface area contributed by atoms with E-state index in [4.69, 9.17) is 4.74 Å². The number of methoxy groups -OCH3 is 1. The molecule has 27 heavy (non-hydrogen) atoms. The van der Waals surface area contributed by atoms with Crippen LogP contribution in [0.1, 0.15) is 26.3 Å². The van der Waals surface area contributed by atoms with Crippen molar-refractivity contribution < 1.29 is 14.3 Å². The molecule has 1 aliphatic rings. The van der Waals surface area contributed by atoms with Crippen molar-refractivity contribution in [1.82, 2.24) is 9.80 Å². The quantitative estimate of drug-likeness (QED) is 0.759. The summed E-state index contributed by atoms with van der Waals surface area (Å²) in [4.78, 5) is 30.3. The van der Waals surface area contributed by atoms with Gasteiger partial charge in [-0.25, -0.2) is 0 Å². The summed E-state index contributed by atoms with van der Waals surface area (Å²) < 4.78 is 5.13. The molecule has 0 spiro atoms. The number of benzene rings is 2. The Kier molecular flexibility index (Phi) is 6.06. The predicted molar refractivity (Wildman–Crippen MR) is 108 cm³/mol. The van der Waals surface area contributed by atoms with Gasteiger partial charge < -0.3 is 14.5 Å². The van der Waals surface area contributed by atoms with E-state index in [0.29, 0.717) is 31.7 Å². The van der Waals surface area contributed by atoms with E-state index in [0.717, 1.165) is 21.8 Å². The summed E-state index contributed by atoms with van der Waals surface area (Å²) in [6.45, 7) is 4.13. The van der Waals surface area contributed by atoms with Crippen LogP contribution in [0, 0.1) is 6.92 Å². The number of hydrogen-bond acceptors (Lipinski definition) is 4. The molecule has 0 atom stereocenters. The lowest BCUT2D eigenvalue weighted by molar-refractivity contribution is 0.0535. The van der Waals surface area contributed by atoms with Crippen molar-refractivity contribution in [3.63, 3.8) is 0 Å². The smallest absolute Gasteiger partial charge is 0.254 e. The van der Waals surface area contributed by atoms with Crippen LogP contribution in [-0.4, -0.2) is 61.2 Å². The lowest BCUT2D eigenvalue weighted by Crippen LogP contribution is -2.50. The maximum atomic E-state index is 12.9. The van der Waals surface area contributed by atoms with Gasteiger partial charge in [0, 0.05) is 42.2 Å². The molecule has 2 amide bonds. The second-order valence-electron chi connectivity index (χ2n) is 6.49. The Morgan fingerprint density at radius 3 is 2.07 bits per heavy atom. The summed E-state index contributed by atoms with van der Waals surface area (Å²) in [5.41, 5.74) is 2.37. The third kappa shape index (κ3) is 4.27. The molecule has 1 heterocycles. The number of thioether (sulfide) groups is 1. The summed E-state index contributed by atoms with van der Waals surface area (Å²) in [7, 11) is 1.60. The highest BCUT2D eigenvalue weighted by atomic mass is 32.2. The highest BCUT2D eigenvalue weighted by Gasteiger charge is 2.26. The van der Waals surface area contributed by atoms with Crippen LogP contribution < -0.4 is 4.74 Å². The van der Waals surface area contributed by atoms with Crippen LogP contribution in [0.2, 0.25) is 0 Å². The van der Waals surface area contributed by atoms with Crippen LogP contribution >= 0.6 is 11.8 Å². The molecule has 0 unspecified atom stereocenters. The molecular weight excluding hydrogens is 360 g/mol. The van der Waals surface area contributed by atoms with E-state index in [1.807, 2.05) is 36.3 Å². The van der Waals surface area contributed by atoms with Crippen LogP contribution in [0.5, 0.6) is 5.75 Å². The van der Waals surface area contributed by atoms with Gasteiger partial charge in [0.1, 0.15) is 5.75 Å². The van der Waals surface area contributed by atoms with Crippen LogP contribution in [0.25, 0.3) is 0 Å². The zero-order valence-electron chi connectivity index (χ0n) is 15.9. The maximum Gasteiger partial charge on any atom is 0.254 e.